The predicted octanol–water partition coefficient (Wildman–Crippen LogP) is 0.962. The second-order valence-corrected chi connectivity index (χ2v) is 5.17. The van der Waals surface area contributed by atoms with Crippen molar-refractivity contribution >= 4 is 21.8 Å². The van der Waals surface area contributed by atoms with Crippen LogP contribution in [0.15, 0.2) is 22.7 Å². The predicted molar refractivity (Wildman–Crippen MR) is 77.1 cm³/mol. The van der Waals surface area contributed by atoms with E-state index in [0.29, 0.717) is 18.8 Å². The Morgan fingerprint density at radius 1 is 1.58 bits per heavy atom. The van der Waals surface area contributed by atoms with Gasteiger partial charge in [-0.05, 0) is 40.5 Å². The van der Waals surface area contributed by atoms with Gasteiger partial charge in [0, 0.05) is 19.5 Å². The van der Waals surface area contributed by atoms with Crippen molar-refractivity contribution in [3.63, 3.8) is 0 Å². The summed E-state index contributed by atoms with van der Waals surface area (Å²) in [6.45, 7) is 2.99. The minimum absolute atomic E-state index is 0.186. The standard InChI is InChI=1S/C13H19BrN2O3/c1-9-2-3-12(11(14)6-9)19-8-10(17)7-16-5-4-13(15)18/h2-3,6,10,16-17H,4-5,7-8H2,1H3,(H2,15,18). The van der Waals surface area contributed by atoms with Crippen molar-refractivity contribution in [2.24, 2.45) is 5.73 Å². The Morgan fingerprint density at radius 2 is 2.32 bits per heavy atom. The summed E-state index contributed by atoms with van der Waals surface area (Å²) in [5, 5.41) is 12.6. The van der Waals surface area contributed by atoms with Gasteiger partial charge in [-0.1, -0.05) is 6.07 Å². The Kier molecular flexibility index (Phi) is 6.83. The molecule has 0 saturated carbocycles. The van der Waals surface area contributed by atoms with E-state index < -0.39 is 6.10 Å². The summed E-state index contributed by atoms with van der Waals surface area (Å²) in [7, 11) is 0. The molecule has 0 heterocycles. The third-order valence-electron chi connectivity index (χ3n) is 2.45. The topological polar surface area (TPSA) is 84.6 Å². The molecule has 19 heavy (non-hydrogen) atoms. The third kappa shape index (κ3) is 6.56. The fourth-order valence-electron chi connectivity index (χ4n) is 1.45. The molecule has 1 aromatic carbocycles. The second kappa shape index (κ2) is 8.14. The van der Waals surface area contributed by atoms with Crippen molar-refractivity contribution in [1.29, 1.82) is 0 Å². The molecule has 0 aliphatic carbocycles. The molecule has 0 spiro atoms. The zero-order chi connectivity index (χ0) is 14.3. The van der Waals surface area contributed by atoms with Crippen molar-refractivity contribution in [3.05, 3.63) is 28.2 Å². The van der Waals surface area contributed by atoms with Crippen LogP contribution in [0.3, 0.4) is 0 Å². The first-order valence-corrected chi connectivity index (χ1v) is 6.84. The molecule has 4 N–H and O–H groups in total. The summed E-state index contributed by atoms with van der Waals surface area (Å²) in [6.07, 6.45) is -0.377. The number of aliphatic hydroxyl groups excluding tert-OH is 1. The molecule has 0 aliphatic heterocycles. The Hall–Kier alpha value is -1.11. The SMILES string of the molecule is Cc1ccc(OCC(O)CNCCC(N)=O)c(Br)c1. The molecule has 0 saturated heterocycles. The van der Waals surface area contributed by atoms with Crippen LogP contribution in [0.25, 0.3) is 0 Å². The van der Waals surface area contributed by atoms with Gasteiger partial charge in [-0.2, -0.15) is 0 Å². The second-order valence-electron chi connectivity index (χ2n) is 4.32. The molecule has 0 fully saturated rings. The summed E-state index contributed by atoms with van der Waals surface area (Å²) in [6, 6.07) is 5.75. The lowest BCUT2D eigenvalue weighted by Crippen LogP contribution is -2.33. The number of aliphatic hydroxyl groups is 1. The molecule has 0 radical (unpaired) electrons. The van der Waals surface area contributed by atoms with Gasteiger partial charge in [-0.15, -0.1) is 0 Å². The Labute approximate surface area is 121 Å². The Balaban J connectivity index is 2.26. The molecular weight excluding hydrogens is 312 g/mol. The molecule has 0 bridgehead atoms. The van der Waals surface area contributed by atoms with Crippen LogP contribution in [0.1, 0.15) is 12.0 Å². The highest BCUT2D eigenvalue weighted by Crippen LogP contribution is 2.25. The van der Waals surface area contributed by atoms with E-state index in [4.69, 9.17) is 10.5 Å². The fourth-order valence-corrected chi connectivity index (χ4v) is 2.06. The summed E-state index contributed by atoms with van der Waals surface area (Å²) >= 11 is 3.40. The van der Waals surface area contributed by atoms with Gasteiger partial charge in [0.05, 0.1) is 4.47 Å². The van der Waals surface area contributed by atoms with Crippen molar-refractivity contribution in [3.8, 4) is 5.75 Å². The average molecular weight is 331 g/mol. The van der Waals surface area contributed by atoms with Crippen molar-refractivity contribution in [2.75, 3.05) is 19.7 Å². The number of aryl methyl sites for hydroxylation is 1. The van der Waals surface area contributed by atoms with Gasteiger partial charge in [0.2, 0.25) is 5.91 Å². The number of primary amides is 1. The number of halogens is 1. The first kappa shape index (κ1) is 15.9. The monoisotopic (exact) mass is 330 g/mol. The molecule has 106 valence electrons. The van der Waals surface area contributed by atoms with Crippen LogP contribution in [-0.4, -0.2) is 36.8 Å². The molecular formula is C13H19BrN2O3. The molecule has 1 amide bonds. The highest BCUT2D eigenvalue weighted by molar-refractivity contribution is 9.10. The lowest BCUT2D eigenvalue weighted by atomic mass is 10.2. The zero-order valence-electron chi connectivity index (χ0n) is 10.9. The lowest BCUT2D eigenvalue weighted by molar-refractivity contribution is -0.117. The van der Waals surface area contributed by atoms with E-state index in [1.807, 2.05) is 25.1 Å². The number of nitrogens with two attached hydrogens (primary N) is 1. The van der Waals surface area contributed by atoms with E-state index in [0.717, 1.165) is 10.0 Å². The molecule has 1 rings (SSSR count). The molecule has 6 heteroatoms. The van der Waals surface area contributed by atoms with Crippen molar-refractivity contribution in [2.45, 2.75) is 19.4 Å². The Morgan fingerprint density at radius 3 is 2.95 bits per heavy atom. The highest BCUT2D eigenvalue weighted by Gasteiger charge is 2.07. The minimum Gasteiger partial charge on any atom is -0.490 e. The van der Waals surface area contributed by atoms with E-state index in [2.05, 4.69) is 21.2 Å². The van der Waals surface area contributed by atoms with Gasteiger partial charge in [0.25, 0.3) is 0 Å². The van der Waals surface area contributed by atoms with Gasteiger partial charge in [0.15, 0.2) is 0 Å². The number of ether oxygens (including phenoxy) is 1. The van der Waals surface area contributed by atoms with Crippen LogP contribution in [0.4, 0.5) is 0 Å². The van der Waals surface area contributed by atoms with Gasteiger partial charge in [-0.25, -0.2) is 0 Å². The van der Waals surface area contributed by atoms with Crippen LogP contribution < -0.4 is 15.8 Å². The van der Waals surface area contributed by atoms with Crippen LogP contribution in [-0.2, 0) is 4.79 Å². The molecule has 1 atom stereocenters. The van der Waals surface area contributed by atoms with Crippen LogP contribution in [0.2, 0.25) is 0 Å². The van der Waals surface area contributed by atoms with E-state index in [1.165, 1.54) is 0 Å². The van der Waals surface area contributed by atoms with Crippen LogP contribution in [0, 0.1) is 6.92 Å². The van der Waals surface area contributed by atoms with Gasteiger partial charge < -0.3 is 20.9 Å². The number of carbonyl (C=O) groups is 1. The van der Waals surface area contributed by atoms with Gasteiger partial charge >= 0.3 is 0 Å². The van der Waals surface area contributed by atoms with Gasteiger partial charge in [-0.3, -0.25) is 4.79 Å². The maximum atomic E-state index is 10.5. The third-order valence-corrected chi connectivity index (χ3v) is 3.07. The molecule has 1 aromatic rings. The average Bonchev–Trinajstić information content (AvgIpc) is 2.33. The molecule has 5 nitrogen and oxygen atoms in total. The molecule has 1 unspecified atom stereocenters. The fraction of sp³-hybridized carbons (Fsp3) is 0.462. The van der Waals surface area contributed by atoms with Gasteiger partial charge in [0.1, 0.15) is 18.5 Å². The number of rotatable bonds is 8. The number of amides is 1. The molecule has 0 aliphatic rings. The molecule has 0 aromatic heterocycles. The quantitative estimate of drug-likeness (QED) is 0.620. The smallest absolute Gasteiger partial charge is 0.218 e. The van der Waals surface area contributed by atoms with Crippen molar-refractivity contribution in [1.82, 2.24) is 5.32 Å². The zero-order valence-corrected chi connectivity index (χ0v) is 12.4. The largest absolute Gasteiger partial charge is 0.490 e. The number of hydrogen-bond acceptors (Lipinski definition) is 4. The lowest BCUT2D eigenvalue weighted by Gasteiger charge is -2.14. The minimum atomic E-state index is -0.638. The summed E-state index contributed by atoms with van der Waals surface area (Å²) in [5.74, 6) is 0.337. The summed E-state index contributed by atoms with van der Waals surface area (Å²) in [5.41, 5.74) is 6.13. The summed E-state index contributed by atoms with van der Waals surface area (Å²) in [4.78, 5) is 10.5. The van der Waals surface area contributed by atoms with E-state index in [-0.39, 0.29) is 18.9 Å². The van der Waals surface area contributed by atoms with E-state index >= 15 is 0 Å². The number of carbonyl (C=O) groups excluding carboxylic acids is 1. The Bertz CT molecular complexity index is 426. The number of hydrogen-bond donors (Lipinski definition) is 3. The maximum Gasteiger partial charge on any atom is 0.218 e. The van der Waals surface area contributed by atoms with Crippen LogP contribution >= 0.6 is 15.9 Å². The van der Waals surface area contributed by atoms with E-state index in [1.54, 1.807) is 0 Å². The highest BCUT2D eigenvalue weighted by atomic mass is 79.9. The maximum absolute atomic E-state index is 10.5. The number of nitrogens with one attached hydrogen (secondary N) is 1. The van der Waals surface area contributed by atoms with Crippen LogP contribution in [0.5, 0.6) is 5.75 Å². The summed E-state index contributed by atoms with van der Waals surface area (Å²) < 4.78 is 6.37. The number of benzene rings is 1. The first-order chi connectivity index (χ1) is 8.99. The first-order valence-electron chi connectivity index (χ1n) is 6.05. The van der Waals surface area contributed by atoms with E-state index in [9.17, 15) is 9.90 Å². The normalized spacial score (nSPS) is 12.2. The van der Waals surface area contributed by atoms with Crippen molar-refractivity contribution < 1.29 is 14.6 Å².